The average molecular weight is 161 g/mol. The highest BCUT2D eigenvalue weighted by molar-refractivity contribution is 5.87. The Labute approximate surface area is 64.3 Å². The molecule has 0 aliphatic carbocycles. The lowest BCUT2D eigenvalue weighted by Gasteiger charge is -2.09. The number of rotatable bonds is 3. The van der Waals surface area contributed by atoms with E-state index in [4.69, 9.17) is 5.11 Å². The van der Waals surface area contributed by atoms with Gasteiger partial charge >= 0.3 is 11.9 Å². The maximum absolute atomic E-state index is 10.8. The van der Waals surface area contributed by atoms with Crippen LogP contribution in [0.1, 0.15) is 6.92 Å². The summed E-state index contributed by atoms with van der Waals surface area (Å²) < 4.78 is 4.19. The second-order valence-electron chi connectivity index (χ2n) is 1.94. The van der Waals surface area contributed by atoms with Gasteiger partial charge in [-0.25, -0.2) is 4.79 Å². The summed E-state index contributed by atoms with van der Waals surface area (Å²) >= 11 is 0. The van der Waals surface area contributed by atoms with E-state index in [1.54, 1.807) is 0 Å². The normalized spacial score (nSPS) is 12.3. The molecule has 0 aliphatic rings. The van der Waals surface area contributed by atoms with E-state index in [0.717, 1.165) is 6.92 Å². The number of nitrogens with one attached hydrogen (secondary N) is 1. The van der Waals surface area contributed by atoms with Gasteiger partial charge in [-0.15, -0.1) is 0 Å². The van der Waals surface area contributed by atoms with Crippen molar-refractivity contribution in [3.05, 3.63) is 0 Å². The van der Waals surface area contributed by atoms with Crippen LogP contribution in [0.3, 0.4) is 0 Å². The Morgan fingerprint density at radius 2 is 2.18 bits per heavy atom. The Morgan fingerprint density at radius 1 is 1.64 bits per heavy atom. The van der Waals surface area contributed by atoms with Crippen molar-refractivity contribution in [2.75, 3.05) is 13.7 Å². The van der Waals surface area contributed by atoms with Crippen LogP contribution in [0.2, 0.25) is 0 Å². The maximum Gasteiger partial charge on any atom is 0.333 e. The van der Waals surface area contributed by atoms with Crippen molar-refractivity contribution in [1.82, 2.24) is 5.32 Å². The molecule has 0 aromatic carbocycles. The van der Waals surface area contributed by atoms with Crippen LogP contribution in [0.25, 0.3) is 0 Å². The predicted octanol–water partition coefficient (Wildman–Crippen LogP) is -1.34. The van der Waals surface area contributed by atoms with Crippen LogP contribution < -0.4 is 5.32 Å². The third kappa shape index (κ3) is 3.69. The minimum atomic E-state index is -0.820. The number of carbonyl (C=O) groups excluding carboxylic acids is 2. The van der Waals surface area contributed by atoms with Crippen molar-refractivity contribution in [2.24, 2.45) is 0 Å². The zero-order valence-corrected chi connectivity index (χ0v) is 6.46. The first-order chi connectivity index (χ1) is 5.11. The van der Waals surface area contributed by atoms with Gasteiger partial charge in [0, 0.05) is 6.92 Å². The lowest BCUT2D eigenvalue weighted by atomic mass is 10.3. The highest BCUT2D eigenvalue weighted by Crippen LogP contribution is 1.87. The molecule has 0 unspecified atom stereocenters. The molecule has 0 heterocycles. The Balaban J connectivity index is 3.89. The fourth-order valence-corrected chi connectivity index (χ4v) is 0.496. The van der Waals surface area contributed by atoms with Crippen LogP contribution in [0.4, 0.5) is 0 Å². The molecule has 0 fully saturated rings. The van der Waals surface area contributed by atoms with Crippen molar-refractivity contribution in [2.45, 2.75) is 13.0 Å². The summed E-state index contributed by atoms with van der Waals surface area (Å²) in [5.74, 6) is -1.44. The van der Waals surface area contributed by atoms with E-state index in [-0.39, 0.29) is 6.61 Å². The minimum absolute atomic E-state index is 0.386. The van der Waals surface area contributed by atoms with E-state index in [1.807, 2.05) is 0 Å². The fraction of sp³-hybridized carbons (Fsp3) is 0.667. The van der Waals surface area contributed by atoms with Gasteiger partial charge in [0.05, 0.1) is 6.61 Å². The summed E-state index contributed by atoms with van der Waals surface area (Å²) in [5, 5.41) is 11.0. The number of hydrogen-bond acceptors (Lipinski definition) is 5. The number of aliphatic hydroxyl groups excluding tert-OH is 1. The zero-order valence-electron chi connectivity index (χ0n) is 6.46. The molecule has 0 aromatic heterocycles. The second kappa shape index (κ2) is 4.81. The molecule has 5 nitrogen and oxygen atoms in total. The largest absolute Gasteiger partial charge is 0.394 e. The zero-order chi connectivity index (χ0) is 8.85. The summed E-state index contributed by atoms with van der Waals surface area (Å²) in [6.45, 7) is 0.741. The van der Waals surface area contributed by atoms with Gasteiger partial charge in [-0.05, 0) is 7.05 Å². The molecule has 5 heteroatoms. The molecule has 2 N–H and O–H groups in total. The van der Waals surface area contributed by atoms with E-state index in [9.17, 15) is 9.59 Å². The van der Waals surface area contributed by atoms with Gasteiger partial charge < -0.3 is 15.2 Å². The number of hydrogen-bond donors (Lipinski definition) is 2. The fourth-order valence-electron chi connectivity index (χ4n) is 0.496. The summed E-state index contributed by atoms with van der Waals surface area (Å²) in [4.78, 5) is 21.0. The molecule has 0 saturated carbocycles. The minimum Gasteiger partial charge on any atom is -0.394 e. The van der Waals surface area contributed by atoms with Gasteiger partial charge in [0.2, 0.25) is 0 Å². The molecule has 64 valence electrons. The molecule has 11 heavy (non-hydrogen) atoms. The number of esters is 2. The van der Waals surface area contributed by atoms with Gasteiger partial charge in [-0.3, -0.25) is 4.79 Å². The van der Waals surface area contributed by atoms with Gasteiger partial charge in [0.15, 0.2) is 0 Å². The van der Waals surface area contributed by atoms with E-state index in [1.165, 1.54) is 7.05 Å². The molecule has 0 aromatic rings. The van der Waals surface area contributed by atoms with Crippen molar-refractivity contribution in [3.63, 3.8) is 0 Å². The molecule has 0 amide bonds. The maximum atomic E-state index is 10.8. The predicted molar refractivity (Wildman–Crippen MR) is 36.7 cm³/mol. The monoisotopic (exact) mass is 161 g/mol. The molecule has 0 radical (unpaired) electrons. The van der Waals surface area contributed by atoms with Gasteiger partial charge in [-0.1, -0.05) is 0 Å². The molecule has 0 spiro atoms. The summed E-state index contributed by atoms with van der Waals surface area (Å²) in [6.07, 6.45) is 0. The van der Waals surface area contributed by atoms with Crippen LogP contribution in [0.5, 0.6) is 0 Å². The standard InChI is InChI=1S/C6H11NO4/c1-4(9)11-6(10)5(3-8)7-2/h5,7-8H,3H2,1-2H3/t5-/m0/s1. The Kier molecular flexibility index (Phi) is 4.40. The lowest BCUT2D eigenvalue weighted by molar-refractivity contribution is -0.160. The van der Waals surface area contributed by atoms with E-state index >= 15 is 0 Å². The van der Waals surface area contributed by atoms with E-state index < -0.39 is 18.0 Å². The Morgan fingerprint density at radius 3 is 2.45 bits per heavy atom. The molecule has 0 bridgehead atoms. The molecular weight excluding hydrogens is 150 g/mol. The van der Waals surface area contributed by atoms with Crippen LogP contribution in [0, 0.1) is 0 Å². The highest BCUT2D eigenvalue weighted by atomic mass is 16.6. The quantitative estimate of drug-likeness (QED) is 0.395. The number of carbonyl (C=O) groups is 2. The van der Waals surface area contributed by atoms with E-state index in [2.05, 4.69) is 10.1 Å². The van der Waals surface area contributed by atoms with Crippen LogP contribution in [0.15, 0.2) is 0 Å². The second-order valence-corrected chi connectivity index (χ2v) is 1.94. The first-order valence-corrected chi connectivity index (χ1v) is 3.12. The van der Waals surface area contributed by atoms with Crippen LogP contribution >= 0.6 is 0 Å². The average Bonchev–Trinajstić information content (AvgIpc) is 1.88. The van der Waals surface area contributed by atoms with Crippen LogP contribution in [-0.2, 0) is 14.3 Å². The summed E-state index contributed by atoms with van der Waals surface area (Å²) in [7, 11) is 1.49. The molecule has 1 atom stereocenters. The molecule has 0 aliphatic heterocycles. The third-order valence-electron chi connectivity index (χ3n) is 1.06. The van der Waals surface area contributed by atoms with Crippen LogP contribution in [-0.4, -0.2) is 36.7 Å². The molecular formula is C6H11NO4. The first-order valence-electron chi connectivity index (χ1n) is 3.12. The molecule has 0 rings (SSSR count). The highest BCUT2D eigenvalue weighted by Gasteiger charge is 2.17. The SMILES string of the molecule is CN[C@@H](CO)C(=O)OC(C)=O. The Bertz CT molecular complexity index is 153. The number of ether oxygens (including phenoxy) is 1. The van der Waals surface area contributed by atoms with E-state index in [0.29, 0.717) is 0 Å². The lowest BCUT2D eigenvalue weighted by Crippen LogP contribution is -2.39. The van der Waals surface area contributed by atoms with Gasteiger partial charge in [0.25, 0.3) is 0 Å². The Hall–Kier alpha value is -0.940. The summed E-state index contributed by atoms with van der Waals surface area (Å²) in [6, 6.07) is -0.820. The van der Waals surface area contributed by atoms with Crippen molar-refractivity contribution >= 4 is 11.9 Å². The smallest absolute Gasteiger partial charge is 0.333 e. The van der Waals surface area contributed by atoms with Crippen molar-refractivity contribution in [3.8, 4) is 0 Å². The topological polar surface area (TPSA) is 75.6 Å². The molecule has 0 saturated heterocycles. The number of aliphatic hydroxyl groups is 1. The van der Waals surface area contributed by atoms with Crippen molar-refractivity contribution < 1.29 is 19.4 Å². The van der Waals surface area contributed by atoms with Crippen molar-refractivity contribution in [1.29, 1.82) is 0 Å². The van der Waals surface area contributed by atoms with Gasteiger partial charge in [0.1, 0.15) is 6.04 Å². The first kappa shape index (κ1) is 10.1. The third-order valence-corrected chi connectivity index (χ3v) is 1.06. The van der Waals surface area contributed by atoms with Gasteiger partial charge in [-0.2, -0.15) is 0 Å². The number of likely N-dealkylation sites (N-methyl/N-ethyl adjacent to an activating group) is 1. The summed E-state index contributed by atoms with van der Waals surface area (Å²) in [5.41, 5.74) is 0.